The molecular formula is C11H20N4O4. The minimum atomic E-state index is -1.28. The van der Waals surface area contributed by atoms with Gasteiger partial charge in [-0.1, -0.05) is 0 Å². The van der Waals surface area contributed by atoms with Crippen molar-refractivity contribution in [1.82, 2.24) is 15.1 Å². The van der Waals surface area contributed by atoms with E-state index in [0.717, 1.165) is 6.54 Å². The van der Waals surface area contributed by atoms with E-state index in [1.165, 1.54) is 0 Å². The van der Waals surface area contributed by atoms with Gasteiger partial charge in [-0.3, -0.25) is 4.79 Å². The molecule has 3 amide bonds. The minimum absolute atomic E-state index is 0.207. The minimum Gasteiger partial charge on any atom is -0.480 e. The fourth-order valence-corrected chi connectivity index (χ4v) is 1.87. The van der Waals surface area contributed by atoms with Crippen LogP contribution in [0.25, 0.3) is 0 Å². The number of carboxylic acid groups (broad SMARTS) is 1. The highest BCUT2D eigenvalue weighted by molar-refractivity contribution is 5.87. The van der Waals surface area contributed by atoms with E-state index in [4.69, 9.17) is 10.8 Å². The molecule has 1 unspecified atom stereocenters. The predicted octanol–water partition coefficient (Wildman–Crippen LogP) is -1.34. The van der Waals surface area contributed by atoms with E-state index in [2.05, 4.69) is 10.2 Å². The highest BCUT2D eigenvalue weighted by Crippen LogP contribution is 2.07. The van der Waals surface area contributed by atoms with Crippen LogP contribution < -0.4 is 11.1 Å². The average Bonchev–Trinajstić information content (AvgIpc) is 2.31. The molecule has 8 nitrogen and oxygen atoms in total. The van der Waals surface area contributed by atoms with Gasteiger partial charge in [-0.15, -0.1) is 0 Å². The van der Waals surface area contributed by atoms with Gasteiger partial charge in [0.05, 0.1) is 6.42 Å². The van der Waals surface area contributed by atoms with Crippen molar-refractivity contribution >= 4 is 17.9 Å². The number of urea groups is 1. The molecule has 108 valence electrons. The van der Waals surface area contributed by atoms with Crippen LogP contribution in [0, 0.1) is 0 Å². The predicted molar refractivity (Wildman–Crippen MR) is 67.4 cm³/mol. The van der Waals surface area contributed by atoms with Gasteiger partial charge in [-0.05, 0) is 14.0 Å². The van der Waals surface area contributed by atoms with E-state index in [1.807, 2.05) is 14.0 Å². The van der Waals surface area contributed by atoms with Crippen LogP contribution in [0.5, 0.6) is 0 Å². The van der Waals surface area contributed by atoms with E-state index in [9.17, 15) is 14.4 Å². The van der Waals surface area contributed by atoms with Gasteiger partial charge in [0.25, 0.3) is 0 Å². The fourth-order valence-electron chi connectivity index (χ4n) is 1.87. The van der Waals surface area contributed by atoms with Gasteiger partial charge >= 0.3 is 12.0 Å². The number of rotatable bonds is 4. The molecule has 0 aliphatic carbocycles. The lowest BCUT2D eigenvalue weighted by Gasteiger charge is -2.37. The molecule has 0 aromatic heterocycles. The Hall–Kier alpha value is -1.83. The average molecular weight is 272 g/mol. The Bertz CT molecular complexity index is 374. The number of nitrogens with zero attached hydrogens (tertiary/aromatic N) is 2. The highest BCUT2D eigenvalue weighted by Gasteiger charge is 2.28. The molecule has 0 bridgehead atoms. The number of primary amides is 1. The number of likely N-dealkylation sites (N-methyl/N-ethyl adjacent to an activating group) is 1. The van der Waals surface area contributed by atoms with Gasteiger partial charge in [0.1, 0.15) is 6.04 Å². The lowest BCUT2D eigenvalue weighted by molar-refractivity contribution is -0.141. The molecule has 0 radical (unpaired) electrons. The third-order valence-corrected chi connectivity index (χ3v) is 3.25. The van der Waals surface area contributed by atoms with Crippen molar-refractivity contribution in [2.45, 2.75) is 25.4 Å². The third kappa shape index (κ3) is 4.40. The topological polar surface area (TPSA) is 116 Å². The van der Waals surface area contributed by atoms with Crippen LogP contribution >= 0.6 is 0 Å². The van der Waals surface area contributed by atoms with Crippen LogP contribution in [0.2, 0.25) is 0 Å². The summed E-state index contributed by atoms with van der Waals surface area (Å²) < 4.78 is 0. The first-order valence-electron chi connectivity index (χ1n) is 6.08. The van der Waals surface area contributed by atoms with Crippen LogP contribution in [0.3, 0.4) is 0 Å². The number of hydrogen-bond donors (Lipinski definition) is 3. The van der Waals surface area contributed by atoms with Gasteiger partial charge < -0.3 is 26.0 Å². The van der Waals surface area contributed by atoms with Gasteiger partial charge in [0, 0.05) is 25.7 Å². The van der Waals surface area contributed by atoms with Crippen molar-refractivity contribution in [3.63, 3.8) is 0 Å². The summed E-state index contributed by atoms with van der Waals surface area (Å²) in [5.41, 5.74) is 4.95. The largest absolute Gasteiger partial charge is 0.480 e. The molecule has 0 spiro atoms. The van der Waals surface area contributed by atoms with Crippen LogP contribution in [-0.2, 0) is 9.59 Å². The van der Waals surface area contributed by atoms with E-state index >= 15 is 0 Å². The zero-order chi connectivity index (χ0) is 14.6. The Morgan fingerprint density at radius 1 is 1.42 bits per heavy atom. The maximum atomic E-state index is 11.9. The number of amides is 3. The van der Waals surface area contributed by atoms with Crippen molar-refractivity contribution in [1.29, 1.82) is 0 Å². The third-order valence-electron chi connectivity index (χ3n) is 3.25. The quantitative estimate of drug-likeness (QED) is 0.586. The Morgan fingerprint density at radius 3 is 2.53 bits per heavy atom. The summed E-state index contributed by atoms with van der Waals surface area (Å²) in [4.78, 5) is 37.3. The SMILES string of the molecule is CC1CN(C(=O)N[C@H](CC(N)=O)C(=O)O)CCN1C. The number of piperazine rings is 1. The Kier molecular flexibility index (Phi) is 5.11. The summed E-state index contributed by atoms with van der Waals surface area (Å²) >= 11 is 0. The van der Waals surface area contributed by atoms with Crippen LogP contribution in [-0.4, -0.2) is 71.6 Å². The van der Waals surface area contributed by atoms with Crippen LogP contribution in [0.1, 0.15) is 13.3 Å². The maximum Gasteiger partial charge on any atom is 0.326 e. The van der Waals surface area contributed by atoms with Crippen molar-refractivity contribution < 1.29 is 19.5 Å². The Labute approximate surface area is 111 Å². The molecule has 1 saturated heterocycles. The maximum absolute atomic E-state index is 11.9. The molecule has 1 heterocycles. The summed E-state index contributed by atoms with van der Waals surface area (Å²) in [6.07, 6.45) is -0.412. The standard InChI is InChI=1S/C11H20N4O4/c1-7-6-15(4-3-14(7)2)11(19)13-8(10(17)18)5-9(12)16/h7-8H,3-6H2,1-2H3,(H2,12,16)(H,13,19)(H,17,18)/t7?,8-/m1/s1. The summed E-state index contributed by atoms with van der Waals surface area (Å²) in [6.45, 7) is 3.75. The normalized spacial score (nSPS) is 21.8. The first-order valence-corrected chi connectivity index (χ1v) is 6.08. The first-order chi connectivity index (χ1) is 8.81. The number of aliphatic carboxylic acids is 1. The molecule has 1 aliphatic rings. The molecule has 0 aromatic carbocycles. The van der Waals surface area contributed by atoms with Gasteiger partial charge in [-0.25, -0.2) is 9.59 Å². The summed E-state index contributed by atoms with van der Waals surface area (Å²) in [5, 5.41) is 11.2. The number of carboxylic acids is 1. The zero-order valence-electron chi connectivity index (χ0n) is 11.1. The first kappa shape index (κ1) is 15.2. The van der Waals surface area contributed by atoms with Crippen molar-refractivity contribution in [3.05, 3.63) is 0 Å². The second-order valence-corrected chi connectivity index (χ2v) is 4.79. The second kappa shape index (κ2) is 6.37. The molecule has 0 saturated carbocycles. The summed E-state index contributed by atoms with van der Waals surface area (Å²) in [6, 6.07) is -1.55. The fraction of sp³-hybridized carbons (Fsp3) is 0.727. The Balaban J connectivity index is 2.57. The molecule has 1 fully saturated rings. The number of nitrogens with two attached hydrogens (primary N) is 1. The summed E-state index contributed by atoms with van der Waals surface area (Å²) in [5.74, 6) is -2.03. The van der Waals surface area contributed by atoms with Crippen LogP contribution in [0.15, 0.2) is 0 Å². The van der Waals surface area contributed by atoms with Crippen LogP contribution in [0.4, 0.5) is 4.79 Å². The lowest BCUT2D eigenvalue weighted by Crippen LogP contribution is -2.57. The molecule has 4 N–H and O–H groups in total. The van der Waals surface area contributed by atoms with Crippen molar-refractivity contribution in [3.8, 4) is 0 Å². The molecular weight excluding hydrogens is 252 g/mol. The smallest absolute Gasteiger partial charge is 0.326 e. The Morgan fingerprint density at radius 2 is 2.05 bits per heavy atom. The van der Waals surface area contributed by atoms with Gasteiger partial charge in [-0.2, -0.15) is 0 Å². The monoisotopic (exact) mass is 272 g/mol. The lowest BCUT2D eigenvalue weighted by atomic mass is 10.2. The highest BCUT2D eigenvalue weighted by atomic mass is 16.4. The molecule has 2 atom stereocenters. The summed E-state index contributed by atoms with van der Waals surface area (Å²) in [7, 11) is 1.97. The van der Waals surface area contributed by atoms with Crippen molar-refractivity contribution in [2.24, 2.45) is 5.73 Å². The second-order valence-electron chi connectivity index (χ2n) is 4.79. The van der Waals surface area contributed by atoms with E-state index in [-0.39, 0.29) is 6.04 Å². The number of nitrogens with one attached hydrogen (secondary N) is 1. The van der Waals surface area contributed by atoms with E-state index in [1.54, 1.807) is 4.90 Å². The zero-order valence-corrected chi connectivity index (χ0v) is 11.1. The molecule has 1 aliphatic heterocycles. The van der Waals surface area contributed by atoms with Gasteiger partial charge in [0.2, 0.25) is 5.91 Å². The van der Waals surface area contributed by atoms with Gasteiger partial charge in [0.15, 0.2) is 0 Å². The molecule has 0 aromatic rings. The van der Waals surface area contributed by atoms with Crippen molar-refractivity contribution in [2.75, 3.05) is 26.7 Å². The molecule has 1 rings (SSSR count). The van der Waals surface area contributed by atoms with E-state index in [0.29, 0.717) is 13.1 Å². The number of carbonyl (C=O) groups is 3. The number of carbonyl (C=O) groups excluding carboxylic acids is 2. The van der Waals surface area contributed by atoms with E-state index < -0.39 is 30.4 Å². The molecule has 19 heavy (non-hydrogen) atoms. The molecule has 8 heteroatoms. The number of hydrogen-bond acceptors (Lipinski definition) is 4.